The van der Waals surface area contributed by atoms with Crippen molar-refractivity contribution >= 4 is 5.91 Å². The number of pyridine rings is 1. The molecule has 23 heavy (non-hydrogen) atoms. The Hall–Kier alpha value is -2.20. The minimum Gasteiger partial charge on any atom is -0.344 e. The SMILES string of the molecule is N[C@@H]1CCC[C@H]1CC(=O)NC(c1ccccc1)c1ccccn1. The lowest BCUT2D eigenvalue weighted by Crippen LogP contribution is -2.34. The normalized spacial score (nSPS) is 21.8. The topological polar surface area (TPSA) is 68.0 Å². The van der Waals surface area contributed by atoms with Gasteiger partial charge in [-0.15, -0.1) is 0 Å². The Morgan fingerprint density at radius 1 is 1.17 bits per heavy atom. The Kier molecular flexibility index (Phi) is 5.03. The van der Waals surface area contributed by atoms with Crippen molar-refractivity contribution in [2.24, 2.45) is 11.7 Å². The number of rotatable bonds is 5. The fourth-order valence-electron chi connectivity index (χ4n) is 3.30. The average molecular weight is 309 g/mol. The van der Waals surface area contributed by atoms with Gasteiger partial charge in [0.1, 0.15) is 0 Å². The van der Waals surface area contributed by atoms with Crippen molar-refractivity contribution in [2.45, 2.75) is 37.8 Å². The van der Waals surface area contributed by atoms with Crippen LogP contribution in [0.4, 0.5) is 0 Å². The lowest BCUT2D eigenvalue weighted by atomic mass is 9.98. The summed E-state index contributed by atoms with van der Waals surface area (Å²) in [6.07, 6.45) is 5.46. The van der Waals surface area contributed by atoms with Gasteiger partial charge in [-0.05, 0) is 36.5 Å². The van der Waals surface area contributed by atoms with E-state index in [2.05, 4.69) is 10.3 Å². The molecule has 0 radical (unpaired) electrons. The van der Waals surface area contributed by atoms with Crippen LogP contribution in [0.3, 0.4) is 0 Å². The minimum atomic E-state index is -0.220. The summed E-state index contributed by atoms with van der Waals surface area (Å²) < 4.78 is 0. The fourth-order valence-corrected chi connectivity index (χ4v) is 3.30. The summed E-state index contributed by atoms with van der Waals surface area (Å²) >= 11 is 0. The molecule has 1 aliphatic rings. The van der Waals surface area contributed by atoms with E-state index >= 15 is 0 Å². The summed E-state index contributed by atoms with van der Waals surface area (Å²) in [5, 5.41) is 3.14. The molecule has 0 spiro atoms. The number of carbonyl (C=O) groups excluding carboxylic acids is 1. The molecule has 120 valence electrons. The number of hydrogen-bond donors (Lipinski definition) is 2. The summed E-state index contributed by atoms with van der Waals surface area (Å²) in [5.41, 5.74) is 7.98. The van der Waals surface area contributed by atoms with E-state index in [0.29, 0.717) is 12.3 Å². The van der Waals surface area contributed by atoms with E-state index in [-0.39, 0.29) is 18.0 Å². The maximum Gasteiger partial charge on any atom is 0.221 e. The van der Waals surface area contributed by atoms with Crippen LogP contribution >= 0.6 is 0 Å². The Bertz CT molecular complexity index is 590. The molecule has 1 aliphatic carbocycles. The largest absolute Gasteiger partial charge is 0.344 e. The van der Waals surface area contributed by atoms with E-state index in [1.54, 1.807) is 6.20 Å². The van der Waals surface area contributed by atoms with E-state index in [4.69, 9.17) is 5.73 Å². The first-order valence-electron chi connectivity index (χ1n) is 8.25. The Morgan fingerprint density at radius 3 is 2.61 bits per heavy atom. The van der Waals surface area contributed by atoms with E-state index in [1.807, 2.05) is 48.5 Å². The number of carbonyl (C=O) groups is 1. The second kappa shape index (κ2) is 7.38. The van der Waals surface area contributed by atoms with Gasteiger partial charge >= 0.3 is 0 Å². The molecular formula is C19H23N3O. The van der Waals surface area contributed by atoms with Gasteiger partial charge in [-0.2, -0.15) is 0 Å². The molecule has 1 aromatic carbocycles. The van der Waals surface area contributed by atoms with Gasteiger partial charge < -0.3 is 11.1 Å². The van der Waals surface area contributed by atoms with E-state index in [9.17, 15) is 4.79 Å². The highest BCUT2D eigenvalue weighted by atomic mass is 16.1. The second-order valence-electron chi connectivity index (χ2n) is 6.22. The third-order valence-electron chi connectivity index (χ3n) is 4.59. The molecule has 1 aromatic heterocycles. The summed E-state index contributed by atoms with van der Waals surface area (Å²) in [7, 11) is 0. The molecule has 0 aliphatic heterocycles. The number of benzene rings is 1. The van der Waals surface area contributed by atoms with Crippen LogP contribution in [0.1, 0.15) is 43.0 Å². The summed E-state index contributed by atoms with van der Waals surface area (Å²) in [6, 6.07) is 15.7. The molecule has 1 fully saturated rings. The van der Waals surface area contributed by atoms with E-state index in [1.165, 1.54) is 0 Å². The van der Waals surface area contributed by atoms with Crippen LogP contribution in [0.5, 0.6) is 0 Å². The van der Waals surface area contributed by atoms with Crippen molar-refractivity contribution in [1.82, 2.24) is 10.3 Å². The zero-order valence-electron chi connectivity index (χ0n) is 13.2. The van der Waals surface area contributed by atoms with Gasteiger partial charge in [-0.25, -0.2) is 0 Å². The smallest absolute Gasteiger partial charge is 0.221 e. The molecule has 0 saturated heterocycles. The first-order valence-corrected chi connectivity index (χ1v) is 8.25. The molecule has 1 saturated carbocycles. The predicted octanol–water partition coefficient (Wildman–Crippen LogP) is 2.80. The van der Waals surface area contributed by atoms with Gasteiger partial charge in [0, 0.05) is 18.7 Å². The third-order valence-corrected chi connectivity index (χ3v) is 4.59. The van der Waals surface area contributed by atoms with Crippen molar-refractivity contribution in [3.63, 3.8) is 0 Å². The second-order valence-corrected chi connectivity index (χ2v) is 6.22. The number of aromatic nitrogens is 1. The molecule has 1 amide bonds. The zero-order valence-corrected chi connectivity index (χ0v) is 13.2. The average Bonchev–Trinajstić information content (AvgIpc) is 2.99. The third kappa shape index (κ3) is 3.96. The van der Waals surface area contributed by atoms with Crippen LogP contribution in [0.25, 0.3) is 0 Å². The monoisotopic (exact) mass is 309 g/mol. The molecule has 0 bridgehead atoms. The molecule has 1 unspecified atom stereocenters. The van der Waals surface area contributed by atoms with Gasteiger partial charge in [-0.3, -0.25) is 9.78 Å². The van der Waals surface area contributed by atoms with Crippen LogP contribution in [-0.4, -0.2) is 16.9 Å². The predicted molar refractivity (Wildman–Crippen MR) is 90.6 cm³/mol. The molecular weight excluding hydrogens is 286 g/mol. The van der Waals surface area contributed by atoms with Crippen LogP contribution in [0, 0.1) is 5.92 Å². The summed E-state index contributed by atoms with van der Waals surface area (Å²) in [6.45, 7) is 0. The Labute approximate surface area is 137 Å². The highest BCUT2D eigenvalue weighted by Crippen LogP contribution is 2.27. The first-order chi connectivity index (χ1) is 11.2. The van der Waals surface area contributed by atoms with Gasteiger partial charge in [0.2, 0.25) is 5.91 Å². The molecule has 2 aromatic rings. The standard InChI is InChI=1S/C19H23N3O/c20-16-10-6-9-15(16)13-18(23)22-19(14-7-2-1-3-8-14)17-11-4-5-12-21-17/h1-5,7-8,11-12,15-16,19H,6,9-10,13,20H2,(H,22,23)/t15-,16+,19?/m0/s1. The maximum atomic E-state index is 12.5. The van der Waals surface area contributed by atoms with Crippen LogP contribution < -0.4 is 11.1 Å². The van der Waals surface area contributed by atoms with Crippen molar-refractivity contribution < 1.29 is 4.79 Å². The highest BCUT2D eigenvalue weighted by Gasteiger charge is 2.27. The van der Waals surface area contributed by atoms with Gasteiger partial charge in [-0.1, -0.05) is 42.8 Å². The lowest BCUT2D eigenvalue weighted by Gasteiger charge is -2.21. The Balaban J connectivity index is 1.75. The molecule has 4 nitrogen and oxygen atoms in total. The van der Waals surface area contributed by atoms with Crippen LogP contribution in [-0.2, 0) is 4.79 Å². The van der Waals surface area contributed by atoms with Gasteiger partial charge in [0.15, 0.2) is 0 Å². The quantitative estimate of drug-likeness (QED) is 0.892. The van der Waals surface area contributed by atoms with Gasteiger partial charge in [0.05, 0.1) is 11.7 Å². The van der Waals surface area contributed by atoms with Crippen LogP contribution in [0.15, 0.2) is 54.7 Å². The number of amides is 1. The number of hydrogen-bond acceptors (Lipinski definition) is 3. The maximum absolute atomic E-state index is 12.5. The van der Waals surface area contributed by atoms with Crippen molar-refractivity contribution in [3.8, 4) is 0 Å². The Morgan fingerprint density at radius 2 is 1.96 bits per heavy atom. The van der Waals surface area contributed by atoms with Crippen LogP contribution in [0.2, 0.25) is 0 Å². The van der Waals surface area contributed by atoms with E-state index < -0.39 is 0 Å². The zero-order chi connectivity index (χ0) is 16.1. The number of nitrogens with two attached hydrogens (primary N) is 1. The van der Waals surface area contributed by atoms with Gasteiger partial charge in [0.25, 0.3) is 0 Å². The number of nitrogens with one attached hydrogen (secondary N) is 1. The van der Waals surface area contributed by atoms with E-state index in [0.717, 1.165) is 30.5 Å². The minimum absolute atomic E-state index is 0.0480. The van der Waals surface area contributed by atoms with Crippen molar-refractivity contribution in [1.29, 1.82) is 0 Å². The summed E-state index contributed by atoms with van der Waals surface area (Å²) in [4.78, 5) is 16.9. The molecule has 3 atom stereocenters. The first kappa shape index (κ1) is 15.7. The van der Waals surface area contributed by atoms with Crippen molar-refractivity contribution in [3.05, 3.63) is 66.0 Å². The fraction of sp³-hybridized carbons (Fsp3) is 0.368. The lowest BCUT2D eigenvalue weighted by molar-refractivity contribution is -0.122. The molecule has 3 rings (SSSR count). The molecule has 1 heterocycles. The molecule has 4 heteroatoms. The number of nitrogens with zero attached hydrogens (tertiary/aromatic N) is 1. The highest BCUT2D eigenvalue weighted by molar-refractivity contribution is 5.77. The van der Waals surface area contributed by atoms with Crippen molar-refractivity contribution in [2.75, 3.05) is 0 Å². The molecule has 3 N–H and O–H groups in total. The summed E-state index contributed by atoms with van der Waals surface area (Å²) in [5.74, 6) is 0.349.